The zero-order valence-corrected chi connectivity index (χ0v) is 13.0. The van der Waals surface area contributed by atoms with Crippen molar-refractivity contribution in [2.45, 2.75) is 39.1 Å². The predicted molar refractivity (Wildman–Crippen MR) is 66.0 cm³/mol. The van der Waals surface area contributed by atoms with E-state index in [1.807, 2.05) is 6.92 Å². The molecule has 0 heterocycles. The molecule has 0 N–H and O–H groups in total. The summed E-state index contributed by atoms with van der Waals surface area (Å²) in [6.07, 6.45) is 0. The maximum absolute atomic E-state index is 11.5. The Balaban J connectivity index is 4.94. The van der Waals surface area contributed by atoms with Gasteiger partial charge in [-0.2, -0.15) is 5.26 Å². The normalized spacial score (nSPS) is 14.8. The quantitative estimate of drug-likeness (QED) is 0.227. The molecule has 0 aromatic rings. The smallest absolute Gasteiger partial charge is 0.348 e. The average molecular weight is 257 g/mol. The molecule has 0 aromatic carbocycles. The van der Waals surface area contributed by atoms with Gasteiger partial charge in [-0.15, -0.1) is 0 Å². The van der Waals surface area contributed by atoms with Crippen LogP contribution in [0.1, 0.15) is 27.7 Å². The Hall–Kier alpha value is -1.16. The number of nitrogens with zero attached hydrogens (tertiary/aromatic N) is 1. The molecule has 0 fully saturated rings. The summed E-state index contributed by atoms with van der Waals surface area (Å²) in [4.78, 5) is 11.5. The van der Waals surface area contributed by atoms with Crippen LogP contribution in [0.2, 0.25) is 0 Å². The van der Waals surface area contributed by atoms with Crippen molar-refractivity contribution in [2.24, 2.45) is 0 Å². The highest BCUT2D eigenvalue weighted by Gasteiger charge is 2.45. The maximum atomic E-state index is 11.5. The molecule has 6 heteroatoms. The first-order valence-corrected chi connectivity index (χ1v) is 6.07. The second-order valence-electron chi connectivity index (χ2n) is 4.07. The molecule has 0 bridgehead atoms. The van der Waals surface area contributed by atoms with Gasteiger partial charge in [0.25, 0.3) is 0 Å². The molecule has 0 radical (unpaired) electrons. The molecule has 0 aliphatic heterocycles. The van der Waals surface area contributed by atoms with Gasteiger partial charge < -0.3 is 13.9 Å². The van der Waals surface area contributed by atoms with Crippen LogP contribution in [-0.2, 0) is 18.7 Å². The first kappa shape index (κ1) is 15.8. The van der Waals surface area contributed by atoms with Crippen molar-refractivity contribution >= 4 is 16.5 Å². The van der Waals surface area contributed by atoms with Crippen molar-refractivity contribution in [3.05, 3.63) is 12.2 Å². The van der Waals surface area contributed by atoms with Crippen LogP contribution >= 0.6 is 0 Å². The number of hydrogen-bond donors (Lipinski definition) is 0. The standard InChI is InChI=1S/C11H19NO4Si/c1-6-14-11(5,16-17)10(3,4)15-9(13)8(2)7-12/h2,6H2,1,3-5,17H3. The van der Waals surface area contributed by atoms with E-state index < -0.39 is 17.4 Å². The van der Waals surface area contributed by atoms with Crippen molar-refractivity contribution in [2.75, 3.05) is 6.61 Å². The molecule has 0 aliphatic rings. The fourth-order valence-corrected chi connectivity index (χ4v) is 1.80. The molecule has 0 saturated carbocycles. The fourth-order valence-electron chi connectivity index (χ4n) is 1.19. The number of carbonyl (C=O) groups excluding carboxylic acids is 1. The van der Waals surface area contributed by atoms with E-state index in [1.54, 1.807) is 26.8 Å². The van der Waals surface area contributed by atoms with Crippen molar-refractivity contribution in [1.82, 2.24) is 0 Å². The number of esters is 1. The summed E-state index contributed by atoms with van der Waals surface area (Å²) in [6.45, 7) is 10.6. The van der Waals surface area contributed by atoms with Gasteiger partial charge in [0.05, 0.1) is 0 Å². The average Bonchev–Trinajstić information content (AvgIpc) is 2.27. The Labute approximate surface area is 105 Å². The minimum absolute atomic E-state index is 0.245. The summed E-state index contributed by atoms with van der Waals surface area (Å²) in [5.74, 6) is -1.79. The van der Waals surface area contributed by atoms with E-state index in [0.29, 0.717) is 17.1 Å². The number of carbonyl (C=O) groups is 1. The number of hydrogen-bond acceptors (Lipinski definition) is 5. The van der Waals surface area contributed by atoms with Crippen LogP contribution in [0.3, 0.4) is 0 Å². The molecule has 1 atom stereocenters. The van der Waals surface area contributed by atoms with E-state index in [0.717, 1.165) is 0 Å². The van der Waals surface area contributed by atoms with Crippen molar-refractivity contribution < 1.29 is 18.7 Å². The van der Waals surface area contributed by atoms with E-state index in [2.05, 4.69) is 6.58 Å². The predicted octanol–water partition coefficient (Wildman–Crippen LogP) is 0.438. The van der Waals surface area contributed by atoms with Crippen molar-refractivity contribution in [1.29, 1.82) is 5.26 Å². The molecule has 0 rings (SSSR count). The fraction of sp³-hybridized carbons (Fsp3) is 0.636. The van der Waals surface area contributed by atoms with Crippen LogP contribution in [0.15, 0.2) is 12.2 Å². The Morgan fingerprint density at radius 2 is 2.00 bits per heavy atom. The van der Waals surface area contributed by atoms with Crippen LogP contribution in [-0.4, -0.2) is 34.5 Å². The highest BCUT2D eigenvalue weighted by molar-refractivity contribution is 5.98. The number of nitriles is 1. The molecule has 5 nitrogen and oxygen atoms in total. The van der Waals surface area contributed by atoms with Gasteiger partial charge in [0.2, 0.25) is 0 Å². The Morgan fingerprint density at radius 1 is 1.47 bits per heavy atom. The molecule has 0 saturated heterocycles. The van der Waals surface area contributed by atoms with E-state index >= 15 is 0 Å². The van der Waals surface area contributed by atoms with Crippen LogP contribution in [0.4, 0.5) is 0 Å². The lowest BCUT2D eigenvalue weighted by Crippen LogP contribution is -2.54. The second-order valence-corrected chi connectivity index (χ2v) is 4.48. The molecule has 1 unspecified atom stereocenters. The Kier molecular flexibility index (Phi) is 5.55. The third-order valence-electron chi connectivity index (χ3n) is 2.63. The third kappa shape index (κ3) is 3.66. The molecule has 0 amide bonds. The number of ether oxygens (including phenoxy) is 2. The summed E-state index contributed by atoms with van der Waals surface area (Å²) in [6, 6.07) is 1.65. The third-order valence-corrected chi connectivity index (χ3v) is 3.41. The van der Waals surface area contributed by atoms with E-state index in [-0.39, 0.29) is 5.57 Å². The van der Waals surface area contributed by atoms with Gasteiger partial charge >= 0.3 is 5.97 Å². The lowest BCUT2D eigenvalue weighted by atomic mass is 9.98. The molecule has 17 heavy (non-hydrogen) atoms. The van der Waals surface area contributed by atoms with Gasteiger partial charge in [0.1, 0.15) is 22.1 Å². The van der Waals surface area contributed by atoms with Gasteiger partial charge in [-0.1, -0.05) is 6.58 Å². The zero-order valence-electron chi connectivity index (χ0n) is 11.0. The highest BCUT2D eigenvalue weighted by Crippen LogP contribution is 2.30. The molecule has 0 aliphatic carbocycles. The van der Waals surface area contributed by atoms with Crippen molar-refractivity contribution in [3.8, 4) is 6.07 Å². The second kappa shape index (κ2) is 5.96. The summed E-state index contributed by atoms with van der Waals surface area (Å²) in [5, 5.41) is 8.56. The van der Waals surface area contributed by atoms with Gasteiger partial charge in [-0.05, 0) is 27.7 Å². The monoisotopic (exact) mass is 257 g/mol. The first-order chi connectivity index (χ1) is 7.74. The Morgan fingerprint density at radius 3 is 2.35 bits per heavy atom. The molecule has 96 valence electrons. The van der Waals surface area contributed by atoms with Gasteiger partial charge in [-0.3, -0.25) is 0 Å². The SMILES string of the molecule is C=C(C#N)C(=O)OC(C)(C)C(C)(O[SiH3])OCC. The van der Waals surface area contributed by atoms with Crippen LogP contribution in [0.5, 0.6) is 0 Å². The summed E-state index contributed by atoms with van der Waals surface area (Å²) < 4.78 is 16.1. The van der Waals surface area contributed by atoms with Crippen LogP contribution in [0, 0.1) is 11.3 Å². The highest BCUT2D eigenvalue weighted by atomic mass is 28.2. The molecule has 0 aromatic heterocycles. The Bertz CT molecular complexity index is 348. The number of rotatable bonds is 6. The van der Waals surface area contributed by atoms with Gasteiger partial charge in [0, 0.05) is 6.61 Å². The maximum Gasteiger partial charge on any atom is 0.348 e. The van der Waals surface area contributed by atoms with E-state index in [4.69, 9.17) is 19.2 Å². The summed E-state index contributed by atoms with van der Waals surface area (Å²) in [5.41, 5.74) is -1.26. The molecular formula is C11H19NO4Si. The molecule has 0 spiro atoms. The van der Waals surface area contributed by atoms with Crippen LogP contribution in [0.25, 0.3) is 0 Å². The van der Waals surface area contributed by atoms with Gasteiger partial charge in [-0.25, -0.2) is 4.79 Å². The first-order valence-electron chi connectivity index (χ1n) is 5.25. The molecular weight excluding hydrogens is 238 g/mol. The largest absolute Gasteiger partial charge is 0.450 e. The lowest BCUT2D eigenvalue weighted by Gasteiger charge is -2.41. The summed E-state index contributed by atoms with van der Waals surface area (Å²) in [7, 11) is 0.436. The topological polar surface area (TPSA) is 68.6 Å². The van der Waals surface area contributed by atoms with E-state index in [1.165, 1.54) is 0 Å². The van der Waals surface area contributed by atoms with Crippen LogP contribution < -0.4 is 0 Å². The lowest BCUT2D eigenvalue weighted by molar-refractivity contribution is -0.265. The van der Waals surface area contributed by atoms with E-state index in [9.17, 15) is 4.79 Å². The minimum atomic E-state index is -1.03. The zero-order chi connectivity index (χ0) is 13.7. The minimum Gasteiger partial charge on any atom is -0.450 e. The summed E-state index contributed by atoms with van der Waals surface area (Å²) >= 11 is 0. The van der Waals surface area contributed by atoms with Gasteiger partial charge in [0.15, 0.2) is 11.4 Å². The van der Waals surface area contributed by atoms with Crippen molar-refractivity contribution in [3.63, 3.8) is 0 Å².